The van der Waals surface area contributed by atoms with Crippen LogP contribution in [0.2, 0.25) is 0 Å². The number of nitrogens with zero attached hydrogens (tertiary/aromatic N) is 3. The molecule has 0 aliphatic carbocycles. The van der Waals surface area contributed by atoms with Gasteiger partial charge in [0.15, 0.2) is 0 Å². The summed E-state index contributed by atoms with van der Waals surface area (Å²) in [5.41, 5.74) is 3.05. The third kappa shape index (κ3) is 5.54. The third-order valence-electron chi connectivity index (χ3n) is 6.10. The number of aryl methyl sites for hydroxylation is 1. The van der Waals surface area contributed by atoms with Gasteiger partial charge in [0.05, 0.1) is 24.1 Å². The topological polar surface area (TPSA) is 86.9 Å². The molecular formula is C27H29N3O4. The maximum Gasteiger partial charge on any atom is 0.255 e. The van der Waals surface area contributed by atoms with E-state index < -0.39 is 0 Å². The van der Waals surface area contributed by atoms with Crippen molar-refractivity contribution < 1.29 is 19.1 Å². The van der Waals surface area contributed by atoms with E-state index in [1.807, 2.05) is 36.1 Å². The Hall–Kier alpha value is -3.87. The van der Waals surface area contributed by atoms with E-state index in [4.69, 9.17) is 9.40 Å². The fraction of sp³-hybridized carbons (Fsp3) is 0.296. The Morgan fingerprint density at radius 3 is 2.68 bits per heavy atom. The first-order valence-electron chi connectivity index (χ1n) is 11.4. The Morgan fingerprint density at radius 1 is 1.18 bits per heavy atom. The zero-order valence-electron chi connectivity index (χ0n) is 19.5. The summed E-state index contributed by atoms with van der Waals surface area (Å²) in [7, 11) is 1.76. The Bertz CT molecular complexity index is 1180. The van der Waals surface area contributed by atoms with Gasteiger partial charge in [-0.25, -0.2) is 0 Å². The van der Waals surface area contributed by atoms with Gasteiger partial charge in [-0.1, -0.05) is 12.1 Å². The van der Waals surface area contributed by atoms with Crippen LogP contribution in [-0.2, 0) is 11.3 Å². The van der Waals surface area contributed by atoms with Gasteiger partial charge in [0, 0.05) is 37.8 Å². The zero-order valence-corrected chi connectivity index (χ0v) is 19.5. The highest BCUT2D eigenvalue weighted by Crippen LogP contribution is 2.30. The first-order valence-corrected chi connectivity index (χ1v) is 11.4. The predicted molar refractivity (Wildman–Crippen MR) is 129 cm³/mol. The van der Waals surface area contributed by atoms with Gasteiger partial charge in [-0.15, -0.1) is 0 Å². The van der Waals surface area contributed by atoms with Gasteiger partial charge in [0.1, 0.15) is 11.5 Å². The van der Waals surface area contributed by atoms with Gasteiger partial charge in [-0.05, 0) is 67.8 Å². The molecule has 1 saturated heterocycles. The molecule has 3 heterocycles. The molecule has 176 valence electrons. The average Bonchev–Trinajstić information content (AvgIpc) is 3.35. The molecule has 1 aliphatic rings. The number of hydrogen-bond acceptors (Lipinski definition) is 5. The summed E-state index contributed by atoms with van der Waals surface area (Å²) in [4.78, 5) is 34.1. The second kappa shape index (κ2) is 10.4. The number of benzene rings is 1. The van der Waals surface area contributed by atoms with Crippen LogP contribution in [0.3, 0.4) is 0 Å². The normalized spacial score (nSPS) is 14.5. The Labute approximate surface area is 199 Å². The monoisotopic (exact) mass is 459 g/mol. The molecule has 1 aliphatic heterocycles. The van der Waals surface area contributed by atoms with E-state index in [1.54, 1.807) is 54.6 Å². The number of rotatable bonds is 6. The molecule has 1 N–H and O–H groups in total. The summed E-state index contributed by atoms with van der Waals surface area (Å²) in [5.74, 6) is 0.846. The Morgan fingerprint density at radius 2 is 1.97 bits per heavy atom. The van der Waals surface area contributed by atoms with Crippen molar-refractivity contribution in [3.8, 4) is 5.75 Å². The molecule has 3 aromatic rings. The molecule has 1 fully saturated rings. The zero-order chi connectivity index (χ0) is 24.1. The Kier molecular flexibility index (Phi) is 7.11. The maximum atomic E-state index is 13.2. The van der Waals surface area contributed by atoms with Crippen LogP contribution >= 0.6 is 0 Å². The smallest absolute Gasteiger partial charge is 0.255 e. The fourth-order valence-corrected chi connectivity index (χ4v) is 4.26. The van der Waals surface area contributed by atoms with Gasteiger partial charge in [-0.3, -0.25) is 14.6 Å². The molecule has 0 saturated carbocycles. The second-order valence-corrected chi connectivity index (χ2v) is 8.65. The van der Waals surface area contributed by atoms with E-state index in [0.29, 0.717) is 25.2 Å². The fourth-order valence-electron chi connectivity index (χ4n) is 4.26. The van der Waals surface area contributed by atoms with Crippen molar-refractivity contribution in [1.29, 1.82) is 0 Å². The molecule has 0 unspecified atom stereocenters. The highest BCUT2D eigenvalue weighted by Gasteiger charge is 2.28. The molecule has 0 radical (unpaired) electrons. The SMILES string of the molecule is Cc1ccc(C(=O)N(C)Cc2ccco2)c(C2CCN(C(=O)C=Cc3cccc(O)c3)CC2)n1. The highest BCUT2D eigenvalue weighted by molar-refractivity contribution is 5.95. The number of hydrogen-bond donors (Lipinski definition) is 1. The quantitative estimate of drug-likeness (QED) is 0.553. The number of pyridine rings is 1. The van der Waals surface area contributed by atoms with Crippen molar-refractivity contribution in [2.45, 2.75) is 32.2 Å². The van der Waals surface area contributed by atoms with Crippen LogP contribution in [0.4, 0.5) is 0 Å². The number of phenols is 1. The molecule has 4 rings (SSSR count). The molecule has 2 amide bonds. The number of phenolic OH excluding ortho intramolecular Hbond substituents is 1. The largest absolute Gasteiger partial charge is 0.508 e. The molecule has 0 spiro atoms. The number of likely N-dealkylation sites (tertiary alicyclic amines) is 1. The average molecular weight is 460 g/mol. The molecule has 7 heteroatoms. The number of carbonyl (C=O) groups is 2. The molecule has 0 bridgehead atoms. The van der Waals surface area contributed by atoms with E-state index in [0.717, 1.165) is 35.6 Å². The predicted octanol–water partition coefficient (Wildman–Crippen LogP) is 4.38. The summed E-state index contributed by atoms with van der Waals surface area (Å²) in [6, 6.07) is 14.2. The van der Waals surface area contributed by atoms with Crippen molar-refractivity contribution in [3.05, 3.63) is 89.1 Å². The van der Waals surface area contributed by atoms with Gasteiger partial charge >= 0.3 is 0 Å². The summed E-state index contributed by atoms with van der Waals surface area (Å²) < 4.78 is 5.38. The van der Waals surface area contributed by atoms with Crippen molar-refractivity contribution in [1.82, 2.24) is 14.8 Å². The van der Waals surface area contributed by atoms with Crippen LogP contribution in [0.1, 0.15) is 51.8 Å². The van der Waals surface area contributed by atoms with E-state index in [1.165, 1.54) is 0 Å². The summed E-state index contributed by atoms with van der Waals surface area (Å²) in [5, 5.41) is 9.58. The number of aromatic hydroxyl groups is 1. The number of carbonyl (C=O) groups excluding carboxylic acids is 2. The van der Waals surface area contributed by atoms with Gasteiger partial charge in [-0.2, -0.15) is 0 Å². The van der Waals surface area contributed by atoms with Crippen LogP contribution in [0.5, 0.6) is 5.75 Å². The summed E-state index contributed by atoms with van der Waals surface area (Å²) in [6.07, 6.45) is 6.33. The number of aromatic nitrogens is 1. The van der Waals surface area contributed by atoms with Crippen LogP contribution in [0.25, 0.3) is 6.08 Å². The van der Waals surface area contributed by atoms with Gasteiger partial charge in [0.25, 0.3) is 5.91 Å². The van der Waals surface area contributed by atoms with Crippen molar-refractivity contribution in [2.75, 3.05) is 20.1 Å². The lowest BCUT2D eigenvalue weighted by Crippen LogP contribution is -2.37. The van der Waals surface area contributed by atoms with Gasteiger partial charge < -0.3 is 19.3 Å². The maximum absolute atomic E-state index is 13.2. The molecule has 0 atom stereocenters. The lowest BCUT2D eigenvalue weighted by atomic mass is 9.89. The first kappa shape index (κ1) is 23.3. The van der Waals surface area contributed by atoms with Crippen LogP contribution in [-0.4, -0.2) is 51.8 Å². The number of amides is 2. The minimum Gasteiger partial charge on any atom is -0.508 e. The van der Waals surface area contributed by atoms with E-state index in [9.17, 15) is 14.7 Å². The second-order valence-electron chi connectivity index (χ2n) is 8.65. The lowest BCUT2D eigenvalue weighted by Gasteiger charge is -2.32. The van der Waals surface area contributed by atoms with Crippen LogP contribution in [0.15, 0.2) is 65.3 Å². The van der Waals surface area contributed by atoms with E-state index in [-0.39, 0.29) is 23.5 Å². The van der Waals surface area contributed by atoms with Crippen LogP contribution < -0.4 is 0 Å². The molecule has 2 aromatic heterocycles. The molecule has 34 heavy (non-hydrogen) atoms. The lowest BCUT2D eigenvalue weighted by molar-refractivity contribution is -0.127. The number of furan rings is 1. The molecule has 7 nitrogen and oxygen atoms in total. The Balaban J connectivity index is 1.42. The van der Waals surface area contributed by atoms with Crippen molar-refractivity contribution in [3.63, 3.8) is 0 Å². The van der Waals surface area contributed by atoms with Crippen LogP contribution in [0, 0.1) is 6.92 Å². The van der Waals surface area contributed by atoms with Gasteiger partial charge in [0.2, 0.25) is 5.91 Å². The number of piperidine rings is 1. The summed E-state index contributed by atoms with van der Waals surface area (Å²) in [6.45, 7) is 3.51. The standard InChI is InChI=1S/C27H29N3O4/c1-19-8-10-24(27(33)29(2)18-23-7-4-16-34-23)26(28-19)21-12-14-30(15-13-21)25(32)11-9-20-5-3-6-22(31)17-20/h3-11,16-17,21,31H,12-15,18H2,1-2H3. The first-order chi connectivity index (χ1) is 16.4. The van der Waals surface area contributed by atoms with E-state index >= 15 is 0 Å². The molecular weight excluding hydrogens is 430 g/mol. The third-order valence-corrected chi connectivity index (χ3v) is 6.10. The minimum absolute atomic E-state index is 0.0616. The summed E-state index contributed by atoms with van der Waals surface area (Å²) >= 11 is 0. The van der Waals surface area contributed by atoms with Crippen molar-refractivity contribution >= 4 is 17.9 Å². The van der Waals surface area contributed by atoms with E-state index in [2.05, 4.69) is 0 Å². The van der Waals surface area contributed by atoms with Crippen molar-refractivity contribution in [2.24, 2.45) is 0 Å². The minimum atomic E-state index is -0.0912. The highest BCUT2D eigenvalue weighted by atomic mass is 16.3. The molecule has 1 aromatic carbocycles.